The van der Waals surface area contributed by atoms with Crippen LogP contribution in [0.1, 0.15) is 0 Å². The van der Waals surface area contributed by atoms with Crippen molar-refractivity contribution < 1.29 is 4.42 Å². The van der Waals surface area contributed by atoms with E-state index in [0.29, 0.717) is 5.82 Å². The van der Waals surface area contributed by atoms with Crippen molar-refractivity contribution in [2.24, 2.45) is 0 Å². The molecular weight excluding hydrogens is 673 g/mol. The summed E-state index contributed by atoms with van der Waals surface area (Å²) in [6.45, 7) is 0. The van der Waals surface area contributed by atoms with E-state index in [4.69, 9.17) is 24.4 Å². The van der Waals surface area contributed by atoms with Gasteiger partial charge in [0.25, 0.3) is 0 Å². The Hall–Kier alpha value is -7.50. The first-order valence-corrected chi connectivity index (χ1v) is 18.3. The van der Waals surface area contributed by atoms with Crippen LogP contribution in [0.4, 0.5) is 0 Å². The number of hydrogen-bond acceptors (Lipinski definition) is 5. The highest BCUT2D eigenvalue weighted by Gasteiger charge is 2.18. The van der Waals surface area contributed by atoms with Crippen molar-refractivity contribution in [1.29, 1.82) is 0 Å². The Morgan fingerprint density at radius 2 is 0.836 bits per heavy atom. The summed E-state index contributed by atoms with van der Waals surface area (Å²) in [7, 11) is 0. The molecule has 4 aromatic heterocycles. The molecule has 4 heterocycles. The van der Waals surface area contributed by atoms with Crippen LogP contribution in [0.3, 0.4) is 0 Å². The van der Waals surface area contributed by atoms with Gasteiger partial charge in [0.05, 0.1) is 22.8 Å². The topological polar surface area (TPSA) is 64.7 Å². The van der Waals surface area contributed by atoms with Gasteiger partial charge >= 0.3 is 0 Å². The minimum Gasteiger partial charge on any atom is -0.455 e. The van der Waals surface area contributed by atoms with E-state index in [1.54, 1.807) is 0 Å². The van der Waals surface area contributed by atoms with Crippen LogP contribution >= 0.6 is 0 Å². The summed E-state index contributed by atoms with van der Waals surface area (Å²) >= 11 is 0. The molecule has 0 bridgehead atoms. The maximum atomic E-state index is 6.54. The fourth-order valence-corrected chi connectivity index (χ4v) is 7.30. The third-order valence-electron chi connectivity index (χ3n) is 9.96. The molecule has 0 unspecified atom stereocenters. The Morgan fingerprint density at radius 3 is 1.47 bits per heavy atom. The Kier molecular flexibility index (Phi) is 8.08. The second-order valence-electron chi connectivity index (χ2n) is 13.5. The van der Waals surface area contributed by atoms with E-state index in [0.717, 1.165) is 94.8 Å². The van der Waals surface area contributed by atoms with Gasteiger partial charge in [-0.1, -0.05) is 109 Å². The first-order valence-electron chi connectivity index (χ1n) is 18.3. The molecule has 0 aliphatic rings. The van der Waals surface area contributed by atoms with E-state index in [9.17, 15) is 0 Å². The molecule has 55 heavy (non-hydrogen) atoms. The zero-order chi connectivity index (χ0) is 36.6. The minimum absolute atomic E-state index is 0.641. The summed E-state index contributed by atoms with van der Waals surface area (Å²) in [5.41, 5.74) is 14.1. The molecule has 10 aromatic rings. The maximum absolute atomic E-state index is 6.54. The third kappa shape index (κ3) is 6.24. The molecule has 258 valence electrons. The van der Waals surface area contributed by atoms with Gasteiger partial charge in [0.15, 0.2) is 5.82 Å². The lowest BCUT2D eigenvalue weighted by molar-refractivity contribution is 0.670. The highest BCUT2D eigenvalue weighted by molar-refractivity contribution is 6.09. The van der Waals surface area contributed by atoms with Crippen molar-refractivity contribution in [3.63, 3.8) is 0 Å². The van der Waals surface area contributed by atoms with Gasteiger partial charge in [0.2, 0.25) is 0 Å². The zero-order valence-electron chi connectivity index (χ0n) is 29.7. The first-order chi connectivity index (χ1) is 27.2. The van der Waals surface area contributed by atoms with Gasteiger partial charge in [0, 0.05) is 56.5 Å². The molecular formula is C50H32N4O. The van der Waals surface area contributed by atoms with Gasteiger partial charge in [-0.3, -0.25) is 9.97 Å². The summed E-state index contributed by atoms with van der Waals surface area (Å²) in [5, 5.41) is 2.19. The minimum atomic E-state index is 0.641. The number of fused-ring (bicyclic) bond motifs is 3. The molecule has 0 amide bonds. The molecule has 0 atom stereocenters. The van der Waals surface area contributed by atoms with Crippen molar-refractivity contribution in [3.05, 3.63) is 194 Å². The number of furan rings is 1. The van der Waals surface area contributed by atoms with E-state index in [1.807, 2.05) is 85.2 Å². The van der Waals surface area contributed by atoms with E-state index < -0.39 is 0 Å². The van der Waals surface area contributed by atoms with Crippen LogP contribution in [0.25, 0.3) is 101 Å². The monoisotopic (exact) mass is 704 g/mol. The molecule has 5 heteroatoms. The van der Waals surface area contributed by atoms with Crippen LogP contribution in [0.15, 0.2) is 199 Å². The lowest BCUT2D eigenvalue weighted by Gasteiger charge is -2.14. The number of rotatable bonds is 7. The van der Waals surface area contributed by atoms with Crippen LogP contribution in [0.2, 0.25) is 0 Å². The summed E-state index contributed by atoms with van der Waals surface area (Å²) < 4.78 is 6.54. The Balaban J connectivity index is 1.21. The van der Waals surface area contributed by atoms with Crippen LogP contribution in [-0.2, 0) is 0 Å². The number of aromatic nitrogens is 4. The molecule has 0 saturated carbocycles. The van der Waals surface area contributed by atoms with Crippen molar-refractivity contribution >= 4 is 21.9 Å². The van der Waals surface area contributed by atoms with Gasteiger partial charge in [-0.2, -0.15) is 0 Å². The largest absolute Gasteiger partial charge is 0.455 e. The normalized spacial score (nSPS) is 11.3. The average Bonchev–Trinajstić information content (AvgIpc) is 3.66. The molecule has 0 aliphatic heterocycles. The van der Waals surface area contributed by atoms with Crippen LogP contribution in [-0.4, -0.2) is 19.9 Å². The molecule has 0 radical (unpaired) electrons. The lowest BCUT2D eigenvalue weighted by atomic mass is 9.93. The van der Waals surface area contributed by atoms with Crippen molar-refractivity contribution in [2.75, 3.05) is 0 Å². The predicted octanol–water partition coefficient (Wildman–Crippen LogP) is 12.8. The number of pyridine rings is 2. The second kappa shape index (κ2) is 13.8. The van der Waals surface area contributed by atoms with Gasteiger partial charge in [-0.15, -0.1) is 0 Å². The number of hydrogen-bond donors (Lipinski definition) is 0. The van der Waals surface area contributed by atoms with E-state index in [2.05, 4.69) is 109 Å². The first kappa shape index (κ1) is 32.2. The summed E-state index contributed by atoms with van der Waals surface area (Å²) in [4.78, 5) is 19.9. The van der Waals surface area contributed by atoms with Crippen molar-refractivity contribution in [3.8, 4) is 78.7 Å². The smallest absolute Gasteiger partial charge is 0.160 e. The summed E-state index contributed by atoms with van der Waals surface area (Å²) in [5.74, 6) is 0.641. The van der Waals surface area contributed by atoms with Crippen molar-refractivity contribution in [1.82, 2.24) is 19.9 Å². The van der Waals surface area contributed by atoms with Crippen LogP contribution in [0, 0.1) is 0 Å². The van der Waals surface area contributed by atoms with Gasteiger partial charge < -0.3 is 4.42 Å². The molecule has 10 rings (SSSR count). The Morgan fingerprint density at radius 1 is 0.327 bits per heavy atom. The Labute approximate surface area is 318 Å². The highest BCUT2D eigenvalue weighted by atomic mass is 16.3. The van der Waals surface area contributed by atoms with Gasteiger partial charge in [-0.05, 0) is 89.5 Å². The second-order valence-corrected chi connectivity index (χ2v) is 13.5. The predicted molar refractivity (Wildman–Crippen MR) is 223 cm³/mol. The molecule has 5 nitrogen and oxygen atoms in total. The molecule has 6 aromatic carbocycles. The lowest BCUT2D eigenvalue weighted by Crippen LogP contribution is -1.97. The van der Waals surface area contributed by atoms with Crippen molar-refractivity contribution in [2.45, 2.75) is 0 Å². The van der Waals surface area contributed by atoms with E-state index in [-0.39, 0.29) is 0 Å². The van der Waals surface area contributed by atoms with Crippen LogP contribution < -0.4 is 0 Å². The fourth-order valence-electron chi connectivity index (χ4n) is 7.30. The van der Waals surface area contributed by atoms with Gasteiger partial charge in [-0.25, -0.2) is 9.97 Å². The zero-order valence-corrected chi connectivity index (χ0v) is 29.7. The number of para-hydroxylation sites is 2. The van der Waals surface area contributed by atoms with E-state index in [1.165, 1.54) is 0 Å². The SMILES string of the molecule is c1ccc(-c2cc(-c3cc(-c4cc(-c5ccccn5)cc(-c5ccccn5)c4)nc(-c4ccccc4)n3)cc(-c3cccc4c3oc3ccccc34)c2)cc1. The summed E-state index contributed by atoms with van der Waals surface area (Å²) in [6, 6.07) is 62.4. The molecule has 0 saturated heterocycles. The van der Waals surface area contributed by atoms with E-state index >= 15 is 0 Å². The number of nitrogens with zero attached hydrogens (tertiary/aromatic N) is 4. The average molecular weight is 705 g/mol. The quantitative estimate of drug-likeness (QED) is 0.165. The maximum Gasteiger partial charge on any atom is 0.160 e. The molecule has 0 aliphatic carbocycles. The summed E-state index contributed by atoms with van der Waals surface area (Å²) in [6.07, 6.45) is 3.64. The van der Waals surface area contributed by atoms with Crippen LogP contribution in [0.5, 0.6) is 0 Å². The Bertz CT molecular complexity index is 2900. The third-order valence-corrected chi connectivity index (χ3v) is 9.96. The number of benzene rings is 6. The molecule has 0 N–H and O–H groups in total. The standard InChI is InChI=1S/C50H32N4O/c1-3-14-33(15-4-1)35-26-36(41-19-13-20-43-42-18-7-8-23-48(42)55-49(41)43)28-39(27-35)46-32-47(54-50(53-46)34-16-5-2-6-17-34)40-30-37(44-21-9-11-24-51-44)29-38(31-40)45-22-10-12-25-52-45/h1-32H. The highest BCUT2D eigenvalue weighted by Crippen LogP contribution is 2.40. The molecule has 0 fully saturated rings. The van der Waals surface area contributed by atoms with Gasteiger partial charge in [0.1, 0.15) is 11.2 Å². The fraction of sp³-hybridized carbons (Fsp3) is 0. The molecule has 0 spiro atoms.